The van der Waals surface area contributed by atoms with Crippen LogP contribution in [0.15, 0.2) is 6.07 Å². The van der Waals surface area contributed by atoms with E-state index in [2.05, 4.69) is 37.5 Å². The van der Waals surface area contributed by atoms with E-state index in [1.807, 2.05) is 13.0 Å². The van der Waals surface area contributed by atoms with Gasteiger partial charge in [0.25, 0.3) is 0 Å². The normalized spacial score (nSPS) is 21.7. The number of hydrogen-bond donors (Lipinski definition) is 0. The molecule has 3 rings (SSSR count). The minimum atomic E-state index is -0.893. The number of rotatable bonds is 7. The summed E-state index contributed by atoms with van der Waals surface area (Å²) in [5.41, 5.74) is -0.893. The zero-order valence-electron chi connectivity index (χ0n) is 14.7. The second-order valence-corrected chi connectivity index (χ2v) is 7.64. The first-order valence-electron chi connectivity index (χ1n) is 8.71. The van der Waals surface area contributed by atoms with Gasteiger partial charge in [-0.25, -0.2) is 4.79 Å². The van der Waals surface area contributed by atoms with Crippen LogP contribution >= 0.6 is 22.6 Å². The molecular weight excluding hydrogens is 437 g/mol. The van der Waals surface area contributed by atoms with E-state index >= 15 is 0 Å². The molecule has 0 amide bonds. The van der Waals surface area contributed by atoms with Crippen molar-refractivity contribution in [1.82, 2.24) is 9.97 Å². The number of carbonyl (C=O) groups is 1. The average molecular weight is 461 g/mol. The van der Waals surface area contributed by atoms with E-state index < -0.39 is 5.60 Å². The fraction of sp³-hybridized carbons (Fsp3) is 0.706. The van der Waals surface area contributed by atoms with Crippen molar-refractivity contribution in [1.29, 1.82) is 0 Å². The van der Waals surface area contributed by atoms with Crippen molar-refractivity contribution in [3.05, 3.63) is 9.77 Å². The molecule has 1 aromatic rings. The summed E-state index contributed by atoms with van der Waals surface area (Å²) in [7, 11) is 1.37. The summed E-state index contributed by atoms with van der Waals surface area (Å²) in [6.07, 6.45) is 3.57. The standard InChI is InChI=1S/C17H24IN3O4/c1-3-24-11-12-5-4-8-21(10-12)14-9-13(18)19-16(20-14)25-17(6-7-17)15(22)23-2/h9,12H,3-8,10-11H2,1-2H3/t12-/m0/s1. The highest BCUT2D eigenvalue weighted by Gasteiger charge is 2.55. The van der Waals surface area contributed by atoms with Gasteiger partial charge in [-0.05, 0) is 48.3 Å². The Bertz CT molecular complexity index is 624. The molecule has 8 heteroatoms. The van der Waals surface area contributed by atoms with Crippen molar-refractivity contribution in [2.75, 3.05) is 38.3 Å². The fourth-order valence-electron chi connectivity index (χ4n) is 3.11. The zero-order valence-corrected chi connectivity index (χ0v) is 16.8. The third-order valence-corrected chi connectivity index (χ3v) is 5.16. The summed E-state index contributed by atoms with van der Waals surface area (Å²) in [5.74, 6) is 0.998. The Kier molecular flexibility index (Phi) is 5.98. The Labute approximate surface area is 161 Å². The number of anilines is 1. The molecule has 7 nitrogen and oxygen atoms in total. The maximum atomic E-state index is 11.9. The van der Waals surface area contributed by atoms with Gasteiger partial charge in [0, 0.05) is 38.6 Å². The Morgan fingerprint density at radius 1 is 1.44 bits per heavy atom. The summed E-state index contributed by atoms with van der Waals surface area (Å²) in [6.45, 7) is 5.41. The fourth-order valence-corrected chi connectivity index (χ4v) is 3.59. The smallest absolute Gasteiger partial charge is 0.350 e. The predicted octanol–water partition coefficient (Wildman–Crippen LogP) is 2.42. The first kappa shape index (κ1) is 18.6. The van der Waals surface area contributed by atoms with Gasteiger partial charge in [-0.15, -0.1) is 0 Å². The molecule has 1 aliphatic heterocycles. The van der Waals surface area contributed by atoms with E-state index in [9.17, 15) is 4.79 Å². The number of hydrogen-bond acceptors (Lipinski definition) is 7. The second kappa shape index (κ2) is 8.03. The largest absolute Gasteiger partial charge is 0.466 e. The molecule has 0 radical (unpaired) electrons. The lowest BCUT2D eigenvalue weighted by Gasteiger charge is -2.33. The van der Waals surface area contributed by atoms with Gasteiger partial charge in [-0.2, -0.15) is 9.97 Å². The van der Waals surface area contributed by atoms with E-state index in [0.29, 0.717) is 18.8 Å². The molecule has 2 fully saturated rings. The van der Waals surface area contributed by atoms with Crippen molar-refractivity contribution in [3.63, 3.8) is 0 Å². The van der Waals surface area contributed by atoms with E-state index in [4.69, 9.17) is 14.2 Å². The van der Waals surface area contributed by atoms with Gasteiger partial charge in [0.05, 0.1) is 13.7 Å². The lowest BCUT2D eigenvalue weighted by Crippen LogP contribution is -2.38. The molecule has 0 spiro atoms. The third kappa shape index (κ3) is 4.52. The van der Waals surface area contributed by atoms with Crippen LogP contribution in [-0.2, 0) is 14.3 Å². The SMILES string of the molecule is CCOC[C@H]1CCCN(c2cc(I)nc(OC3(C(=O)OC)CC3)n2)C1. The Morgan fingerprint density at radius 3 is 2.92 bits per heavy atom. The van der Waals surface area contributed by atoms with Gasteiger partial charge in [-0.1, -0.05) is 0 Å². The van der Waals surface area contributed by atoms with Crippen LogP contribution in [0.3, 0.4) is 0 Å². The molecule has 1 aromatic heterocycles. The van der Waals surface area contributed by atoms with Crippen molar-refractivity contribution < 1.29 is 19.0 Å². The van der Waals surface area contributed by atoms with Crippen LogP contribution in [0.2, 0.25) is 0 Å². The van der Waals surface area contributed by atoms with Gasteiger partial charge in [0.2, 0.25) is 5.60 Å². The Balaban J connectivity index is 1.72. The number of carbonyl (C=O) groups excluding carboxylic acids is 1. The highest BCUT2D eigenvalue weighted by molar-refractivity contribution is 14.1. The van der Waals surface area contributed by atoms with E-state index in [-0.39, 0.29) is 12.0 Å². The lowest BCUT2D eigenvalue weighted by atomic mass is 9.99. The molecule has 1 saturated heterocycles. The number of piperidine rings is 1. The second-order valence-electron chi connectivity index (χ2n) is 6.53. The van der Waals surface area contributed by atoms with E-state index in [0.717, 1.165) is 42.2 Å². The molecule has 0 N–H and O–H groups in total. The van der Waals surface area contributed by atoms with Crippen molar-refractivity contribution in [2.45, 2.75) is 38.2 Å². The third-order valence-electron chi connectivity index (χ3n) is 4.61. The van der Waals surface area contributed by atoms with Gasteiger partial charge in [-0.3, -0.25) is 0 Å². The van der Waals surface area contributed by atoms with Crippen LogP contribution in [0.1, 0.15) is 32.6 Å². The van der Waals surface area contributed by atoms with Crippen molar-refractivity contribution in [2.24, 2.45) is 5.92 Å². The van der Waals surface area contributed by atoms with E-state index in [1.165, 1.54) is 13.5 Å². The first-order chi connectivity index (χ1) is 12.1. The average Bonchev–Trinajstić information content (AvgIpc) is 3.39. The van der Waals surface area contributed by atoms with Gasteiger partial charge < -0.3 is 19.1 Å². The Morgan fingerprint density at radius 2 is 2.24 bits per heavy atom. The molecule has 1 aliphatic carbocycles. The molecule has 25 heavy (non-hydrogen) atoms. The molecule has 0 unspecified atom stereocenters. The number of nitrogens with zero attached hydrogens (tertiary/aromatic N) is 3. The number of aromatic nitrogens is 2. The first-order valence-corrected chi connectivity index (χ1v) is 9.79. The topological polar surface area (TPSA) is 73.8 Å². The maximum absolute atomic E-state index is 11.9. The van der Waals surface area contributed by atoms with Crippen LogP contribution in [-0.4, -0.2) is 55.0 Å². The van der Waals surface area contributed by atoms with Crippen LogP contribution in [0.25, 0.3) is 0 Å². The van der Waals surface area contributed by atoms with Gasteiger partial charge in [0.1, 0.15) is 9.52 Å². The van der Waals surface area contributed by atoms with Crippen LogP contribution in [0.5, 0.6) is 6.01 Å². The minimum absolute atomic E-state index is 0.247. The molecule has 0 bridgehead atoms. The summed E-state index contributed by atoms with van der Waals surface area (Å²) < 4.78 is 17.0. The monoisotopic (exact) mass is 461 g/mol. The molecular formula is C17H24IN3O4. The van der Waals surface area contributed by atoms with Gasteiger partial charge in [0.15, 0.2) is 0 Å². The molecule has 1 saturated carbocycles. The molecule has 0 aromatic carbocycles. The predicted molar refractivity (Wildman–Crippen MR) is 101 cm³/mol. The number of methoxy groups -OCH3 is 1. The molecule has 138 valence electrons. The highest BCUT2D eigenvalue weighted by atomic mass is 127. The lowest BCUT2D eigenvalue weighted by molar-refractivity contribution is -0.151. The van der Waals surface area contributed by atoms with Crippen LogP contribution in [0, 0.1) is 9.62 Å². The molecule has 1 atom stereocenters. The molecule has 2 aliphatic rings. The zero-order chi connectivity index (χ0) is 17.9. The Hall–Kier alpha value is -1.16. The molecule has 2 heterocycles. The number of ether oxygens (including phenoxy) is 3. The maximum Gasteiger partial charge on any atom is 0.350 e. The quantitative estimate of drug-likeness (QED) is 0.351. The van der Waals surface area contributed by atoms with Crippen molar-refractivity contribution in [3.8, 4) is 6.01 Å². The summed E-state index contributed by atoms with van der Waals surface area (Å²) in [4.78, 5) is 23.0. The summed E-state index contributed by atoms with van der Waals surface area (Å²) >= 11 is 2.16. The summed E-state index contributed by atoms with van der Waals surface area (Å²) in [5, 5.41) is 0. The highest BCUT2D eigenvalue weighted by Crippen LogP contribution is 2.41. The van der Waals surface area contributed by atoms with Crippen LogP contribution < -0.4 is 9.64 Å². The number of halogens is 1. The van der Waals surface area contributed by atoms with Crippen LogP contribution in [0.4, 0.5) is 5.82 Å². The van der Waals surface area contributed by atoms with Gasteiger partial charge >= 0.3 is 12.0 Å². The summed E-state index contributed by atoms with van der Waals surface area (Å²) in [6, 6.07) is 2.20. The van der Waals surface area contributed by atoms with Crippen molar-refractivity contribution >= 4 is 34.4 Å². The minimum Gasteiger partial charge on any atom is -0.466 e. The van der Waals surface area contributed by atoms with E-state index in [1.54, 1.807) is 0 Å². The number of esters is 1.